The number of hydrogen-bond donors (Lipinski definition) is 2. The quantitative estimate of drug-likeness (QED) is 0.411. The Morgan fingerprint density at radius 3 is 2.77 bits per heavy atom. The molecule has 0 bridgehead atoms. The summed E-state index contributed by atoms with van der Waals surface area (Å²) in [4.78, 5) is 14.6. The van der Waals surface area contributed by atoms with E-state index in [1.165, 1.54) is 0 Å². The van der Waals surface area contributed by atoms with Gasteiger partial charge in [0.1, 0.15) is 5.82 Å². The fourth-order valence-electron chi connectivity index (χ4n) is 2.51. The molecule has 2 aromatic rings. The molecule has 142 valence electrons. The van der Waals surface area contributed by atoms with Crippen molar-refractivity contribution in [2.24, 2.45) is 10.9 Å². The maximum Gasteiger partial charge on any atom is 0.194 e. The fraction of sp³-hybridized carbons (Fsp3) is 0.500. The lowest BCUT2D eigenvalue weighted by Gasteiger charge is -2.21. The summed E-state index contributed by atoms with van der Waals surface area (Å²) in [6.45, 7) is 9.90. The van der Waals surface area contributed by atoms with Crippen LogP contribution in [0.15, 0.2) is 41.5 Å². The maximum atomic E-state index is 5.60. The number of benzene rings is 1. The Bertz CT molecular complexity index is 666. The number of nitrogens with zero attached hydrogens (tertiary/aromatic N) is 3. The summed E-state index contributed by atoms with van der Waals surface area (Å²) in [6.07, 6.45) is 1.88. The lowest BCUT2D eigenvalue weighted by atomic mass is 10.2. The number of aliphatic imine (C=N–C) groups is 1. The molecule has 26 heavy (non-hydrogen) atoms. The molecule has 2 rings (SSSR count). The number of guanidine groups is 1. The molecule has 0 aliphatic heterocycles. The third-order valence-electron chi connectivity index (χ3n) is 3.75. The highest BCUT2D eigenvalue weighted by Gasteiger charge is 2.09. The van der Waals surface area contributed by atoms with Crippen LogP contribution in [0.25, 0.3) is 11.3 Å². The van der Waals surface area contributed by atoms with E-state index >= 15 is 0 Å². The first-order chi connectivity index (χ1) is 12.6. The first kappa shape index (κ1) is 20.0. The zero-order chi connectivity index (χ0) is 18.8. The molecule has 1 aromatic heterocycles. The van der Waals surface area contributed by atoms with Crippen molar-refractivity contribution in [3.05, 3.63) is 42.4 Å². The van der Waals surface area contributed by atoms with Crippen molar-refractivity contribution in [2.45, 2.75) is 27.3 Å². The highest BCUT2D eigenvalue weighted by Crippen LogP contribution is 2.16. The van der Waals surface area contributed by atoms with E-state index in [1.54, 1.807) is 0 Å². The van der Waals surface area contributed by atoms with Gasteiger partial charge in [-0.15, -0.1) is 0 Å². The van der Waals surface area contributed by atoms with Crippen molar-refractivity contribution in [2.75, 3.05) is 33.4 Å². The summed E-state index contributed by atoms with van der Waals surface area (Å²) in [5.41, 5.74) is 2.16. The maximum absolute atomic E-state index is 5.60. The predicted molar refractivity (Wildman–Crippen MR) is 107 cm³/mol. The van der Waals surface area contributed by atoms with Crippen molar-refractivity contribution in [3.8, 4) is 11.3 Å². The van der Waals surface area contributed by atoms with Gasteiger partial charge in [0.2, 0.25) is 0 Å². The van der Waals surface area contributed by atoms with Gasteiger partial charge in [-0.05, 0) is 18.4 Å². The molecule has 0 aliphatic rings. The number of ether oxygens (including phenoxy) is 1. The van der Waals surface area contributed by atoms with Crippen LogP contribution in [0.4, 0.5) is 0 Å². The van der Waals surface area contributed by atoms with Crippen LogP contribution in [0.1, 0.15) is 26.6 Å². The molecule has 1 aromatic carbocycles. The Balaban J connectivity index is 1.92. The van der Waals surface area contributed by atoms with Gasteiger partial charge in [-0.2, -0.15) is 0 Å². The number of rotatable bonds is 9. The summed E-state index contributed by atoms with van der Waals surface area (Å²) in [7, 11) is 2.02. The van der Waals surface area contributed by atoms with Crippen LogP contribution in [-0.4, -0.2) is 54.2 Å². The molecular weight excluding hydrogens is 326 g/mol. The van der Waals surface area contributed by atoms with Gasteiger partial charge >= 0.3 is 0 Å². The van der Waals surface area contributed by atoms with Gasteiger partial charge in [-0.1, -0.05) is 44.2 Å². The zero-order valence-electron chi connectivity index (χ0n) is 16.3. The summed E-state index contributed by atoms with van der Waals surface area (Å²) in [5.74, 6) is 2.32. The van der Waals surface area contributed by atoms with Crippen molar-refractivity contribution in [1.82, 2.24) is 20.2 Å². The smallest absolute Gasteiger partial charge is 0.194 e. The van der Waals surface area contributed by atoms with E-state index in [0.717, 1.165) is 36.2 Å². The van der Waals surface area contributed by atoms with Crippen LogP contribution >= 0.6 is 0 Å². The number of aromatic nitrogens is 2. The number of imidazole rings is 1. The molecule has 0 saturated carbocycles. The second-order valence-corrected chi connectivity index (χ2v) is 6.67. The van der Waals surface area contributed by atoms with E-state index in [-0.39, 0.29) is 0 Å². The van der Waals surface area contributed by atoms with Gasteiger partial charge in [0.25, 0.3) is 0 Å². The van der Waals surface area contributed by atoms with Crippen molar-refractivity contribution < 1.29 is 4.74 Å². The molecule has 0 saturated heterocycles. The first-order valence-corrected chi connectivity index (χ1v) is 9.26. The molecule has 0 fully saturated rings. The zero-order valence-corrected chi connectivity index (χ0v) is 16.3. The molecule has 2 N–H and O–H groups in total. The Kier molecular flexibility index (Phi) is 8.15. The van der Waals surface area contributed by atoms with Crippen LogP contribution in [0.5, 0.6) is 0 Å². The average molecular weight is 358 g/mol. The Hall–Kier alpha value is -2.34. The van der Waals surface area contributed by atoms with Crippen LogP contribution in [-0.2, 0) is 11.3 Å². The van der Waals surface area contributed by atoms with E-state index in [9.17, 15) is 0 Å². The second-order valence-electron chi connectivity index (χ2n) is 6.67. The highest BCUT2D eigenvalue weighted by molar-refractivity contribution is 5.79. The van der Waals surface area contributed by atoms with Gasteiger partial charge < -0.3 is 19.9 Å². The van der Waals surface area contributed by atoms with Crippen molar-refractivity contribution >= 4 is 5.96 Å². The highest BCUT2D eigenvalue weighted by atomic mass is 16.5. The first-order valence-electron chi connectivity index (χ1n) is 9.26. The van der Waals surface area contributed by atoms with E-state index in [0.29, 0.717) is 25.6 Å². The lowest BCUT2D eigenvalue weighted by molar-refractivity contribution is 0.116. The molecule has 0 spiro atoms. The molecule has 0 unspecified atom stereocenters. The van der Waals surface area contributed by atoms with Gasteiger partial charge in [0.15, 0.2) is 5.96 Å². The minimum Gasteiger partial charge on any atom is -0.379 e. The Morgan fingerprint density at radius 1 is 1.31 bits per heavy atom. The Labute approximate surface area is 156 Å². The normalized spacial score (nSPS) is 11.8. The minimum absolute atomic E-state index is 0.549. The van der Waals surface area contributed by atoms with Gasteiger partial charge in [-0.25, -0.2) is 4.98 Å². The third kappa shape index (κ3) is 6.52. The molecule has 0 radical (unpaired) electrons. The van der Waals surface area contributed by atoms with Crippen molar-refractivity contribution in [1.29, 1.82) is 0 Å². The minimum atomic E-state index is 0.549. The largest absolute Gasteiger partial charge is 0.379 e. The van der Waals surface area contributed by atoms with Crippen LogP contribution in [0.3, 0.4) is 0 Å². The summed E-state index contributed by atoms with van der Waals surface area (Å²) >= 11 is 0. The molecule has 6 heteroatoms. The van der Waals surface area contributed by atoms with E-state index in [2.05, 4.69) is 58.1 Å². The molecule has 6 nitrogen and oxygen atoms in total. The monoisotopic (exact) mass is 357 g/mol. The SMILES string of the molecule is CCNC(=NCCOCC(C)C)N(C)Cc1ncc(-c2ccccc2)[nH]1. The fourth-order valence-corrected chi connectivity index (χ4v) is 2.51. The number of H-pyrrole nitrogens is 1. The van der Waals surface area contributed by atoms with E-state index in [1.807, 2.05) is 31.4 Å². The van der Waals surface area contributed by atoms with E-state index in [4.69, 9.17) is 4.74 Å². The lowest BCUT2D eigenvalue weighted by Crippen LogP contribution is -2.39. The number of aromatic amines is 1. The number of hydrogen-bond acceptors (Lipinski definition) is 3. The van der Waals surface area contributed by atoms with Gasteiger partial charge in [-0.3, -0.25) is 4.99 Å². The summed E-state index contributed by atoms with van der Waals surface area (Å²) in [5, 5.41) is 3.32. The molecular formula is C20H31N5O. The summed E-state index contributed by atoms with van der Waals surface area (Å²) in [6, 6.07) is 10.2. The summed E-state index contributed by atoms with van der Waals surface area (Å²) < 4.78 is 5.60. The second kappa shape index (κ2) is 10.6. The number of nitrogens with one attached hydrogen (secondary N) is 2. The van der Waals surface area contributed by atoms with E-state index < -0.39 is 0 Å². The van der Waals surface area contributed by atoms with Gasteiger partial charge in [0, 0.05) is 20.2 Å². The third-order valence-corrected chi connectivity index (χ3v) is 3.75. The van der Waals surface area contributed by atoms with Gasteiger partial charge in [0.05, 0.1) is 31.6 Å². The topological polar surface area (TPSA) is 65.5 Å². The Morgan fingerprint density at radius 2 is 2.08 bits per heavy atom. The average Bonchev–Trinajstić information content (AvgIpc) is 3.09. The van der Waals surface area contributed by atoms with Crippen LogP contribution in [0, 0.1) is 5.92 Å². The molecule has 0 atom stereocenters. The van der Waals surface area contributed by atoms with Crippen molar-refractivity contribution in [3.63, 3.8) is 0 Å². The molecule has 0 aliphatic carbocycles. The molecule has 0 amide bonds. The molecule has 1 heterocycles. The van der Waals surface area contributed by atoms with Crippen LogP contribution in [0.2, 0.25) is 0 Å². The standard InChI is InChI=1S/C20H31N5O/c1-5-21-20(22-11-12-26-15-16(2)3)25(4)14-19-23-13-18(24-19)17-9-7-6-8-10-17/h6-10,13,16H,5,11-12,14-15H2,1-4H3,(H,21,22)(H,23,24). The predicted octanol–water partition coefficient (Wildman–Crippen LogP) is 3.15. The van der Waals surface area contributed by atoms with Crippen LogP contribution < -0.4 is 5.32 Å².